The number of aliphatic hydroxyl groups is 1. The normalized spacial score (nSPS) is 17.2. The lowest BCUT2D eigenvalue weighted by atomic mass is 10.0. The highest BCUT2D eigenvalue weighted by Gasteiger charge is 2.30. The van der Waals surface area contributed by atoms with E-state index in [2.05, 4.69) is 28.7 Å². The molecular weight excluding hydrogens is 262 g/mol. The van der Waals surface area contributed by atoms with E-state index in [1.54, 1.807) is 0 Å². The molecule has 0 aliphatic heterocycles. The maximum absolute atomic E-state index is 10.3. The summed E-state index contributed by atoms with van der Waals surface area (Å²) in [6.07, 6.45) is 8.11. The summed E-state index contributed by atoms with van der Waals surface area (Å²) < 4.78 is 1.95. The minimum Gasteiger partial charge on any atom is -0.389 e. The Bertz CT molecular complexity index is 558. The second kappa shape index (κ2) is 6.41. The van der Waals surface area contributed by atoms with Crippen molar-refractivity contribution in [1.29, 1.82) is 0 Å². The Hall–Kier alpha value is -1.65. The number of nitrogens with zero attached hydrogens (tertiary/aromatic N) is 2. The summed E-state index contributed by atoms with van der Waals surface area (Å²) in [5.74, 6) is 0. The van der Waals surface area contributed by atoms with Gasteiger partial charge in [0, 0.05) is 24.8 Å². The third-order valence-electron chi connectivity index (χ3n) is 4.19. The van der Waals surface area contributed by atoms with Crippen LogP contribution in [-0.4, -0.2) is 27.0 Å². The minimum absolute atomic E-state index is 0.486. The highest BCUT2D eigenvalue weighted by Crippen LogP contribution is 2.28. The fourth-order valence-electron chi connectivity index (χ4n) is 3.00. The van der Waals surface area contributed by atoms with Crippen LogP contribution in [0.4, 0.5) is 0 Å². The van der Waals surface area contributed by atoms with Gasteiger partial charge in [-0.1, -0.05) is 43.2 Å². The average Bonchev–Trinajstić information content (AvgIpc) is 3.10. The first-order valence-electron chi connectivity index (χ1n) is 7.72. The van der Waals surface area contributed by atoms with Crippen LogP contribution in [0, 0.1) is 0 Å². The predicted molar refractivity (Wildman–Crippen MR) is 82.9 cm³/mol. The van der Waals surface area contributed by atoms with Crippen LogP contribution in [0.25, 0.3) is 0 Å². The third kappa shape index (κ3) is 3.93. The summed E-state index contributed by atoms with van der Waals surface area (Å²) in [4.78, 5) is 0. The van der Waals surface area contributed by atoms with Gasteiger partial charge in [0.15, 0.2) is 0 Å². The molecule has 0 saturated heterocycles. The van der Waals surface area contributed by atoms with Gasteiger partial charge in [0.1, 0.15) is 0 Å². The second-order valence-electron chi connectivity index (χ2n) is 6.07. The van der Waals surface area contributed by atoms with Crippen molar-refractivity contribution in [2.45, 2.75) is 44.4 Å². The zero-order chi connectivity index (χ0) is 14.5. The summed E-state index contributed by atoms with van der Waals surface area (Å²) >= 11 is 0. The molecule has 4 heteroatoms. The molecule has 1 aromatic carbocycles. The molecule has 0 amide bonds. The maximum atomic E-state index is 10.3. The fourth-order valence-corrected chi connectivity index (χ4v) is 3.00. The van der Waals surface area contributed by atoms with E-state index >= 15 is 0 Å². The maximum Gasteiger partial charge on any atom is 0.0771 e. The summed E-state index contributed by atoms with van der Waals surface area (Å²) in [7, 11) is 0. The Morgan fingerprint density at radius 3 is 2.67 bits per heavy atom. The van der Waals surface area contributed by atoms with Crippen molar-refractivity contribution < 1.29 is 5.11 Å². The smallest absolute Gasteiger partial charge is 0.0771 e. The number of rotatable bonds is 6. The van der Waals surface area contributed by atoms with Crippen molar-refractivity contribution in [3.8, 4) is 0 Å². The monoisotopic (exact) mass is 285 g/mol. The van der Waals surface area contributed by atoms with Crippen LogP contribution in [-0.2, 0) is 13.1 Å². The predicted octanol–water partition coefficient (Wildman–Crippen LogP) is 2.33. The van der Waals surface area contributed by atoms with Crippen LogP contribution in [0.3, 0.4) is 0 Å². The molecular formula is C17H23N3O. The first kappa shape index (κ1) is 14.3. The highest BCUT2D eigenvalue weighted by atomic mass is 16.3. The van der Waals surface area contributed by atoms with Gasteiger partial charge >= 0.3 is 0 Å². The van der Waals surface area contributed by atoms with Gasteiger partial charge in [-0.05, 0) is 18.4 Å². The molecule has 21 heavy (non-hydrogen) atoms. The molecule has 1 fully saturated rings. The Balaban J connectivity index is 1.49. The molecule has 112 valence electrons. The summed E-state index contributed by atoms with van der Waals surface area (Å²) in [6, 6.07) is 10.3. The highest BCUT2D eigenvalue weighted by molar-refractivity contribution is 5.15. The molecule has 0 spiro atoms. The van der Waals surface area contributed by atoms with Crippen LogP contribution in [0.5, 0.6) is 0 Å². The fraction of sp³-hybridized carbons (Fsp3) is 0.471. The third-order valence-corrected chi connectivity index (χ3v) is 4.19. The van der Waals surface area contributed by atoms with E-state index in [1.807, 2.05) is 29.1 Å². The lowest BCUT2D eigenvalue weighted by molar-refractivity contribution is 0.0475. The van der Waals surface area contributed by atoms with E-state index in [0.717, 1.165) is 44.3 Å². The van der Waals surface area contributed by atoms with E-state index in [0.29, 0.717) is 6.54 Å². The zero-order valence-electron chi connectivity index (χ0n) is 12.3. The number of hydrogen-bond acceptors (Lipinski definition) is 3. The Kier molecular flexibility index (Phi) is 4.36. The molecule has 4 nitrogen and oxygen atoms in total. The Labute approximate surface area is 125 Å². The summed E-state index contributed by atoms with van der Waals surface area (Å²) in [5, 5.41) is 18.0. The van der Waals surface area contributed by atoms with Crippen LogP contribution >= 0.6 is 0 Å². The number of hydrogen-bond donors (Lipinski definition) is 2. The van der Waals surface area contributed by atoms with Crippen molar-refractivity contribution in [1.82, 2.24) is 15.1 Å². The zero-order valence-corrected chi connectivity index (χ0v) is 12.3. The van der Waals surface area contributed by atoms with Gasteiger partial charge in [-0.2, -0.15) is 5.10 Å². The lowest BCUT2D eigenvalue weighted by Gasteiger charge is -2.22. The van der Waals surface area contributed by atoms with Gasteiger partial charge in [-0.3, -0.25) is 4.68 Å². The van der Waals surface area contributed by atoms with E-state index in [4.69, 9.17) is 0 Å². The van der Waals surface area contributed by atoms with Crippen LogP contribution in [0.15, 0.2) is 42.7 Å². The summed E-state index contributed by atoms with van der Waals surface area (Å²) in [5.41, 5.74) is 1.92. The molecule has 1 heterocycles. The van der Waals surface area contributed by atoms with Gasteiger partial charge in [0.05, 0.1) is 18.3 Å². The van der Waals surface area contributed by atoms with Gasteiger partial charge in [-0.15, -0.1) is 0 Å². The van der Waals surface area contributed by atoms with Gasteiger partial charge < -0.3 is 10.4 Å². The largest absolute Gasteiger partial charge is 0.389 e. The molecule has 0 atom stereocenters. The average molecular weight is 285 g/mol. The quantitative estimate of drug-likeness (QED) is 0.856. The standard InChI is InChI=1S/C17H23N3O/c21-17(8-4-5-9-17)14-18-10-16-11-19-20(13-16)12-15-6-2-1-3-7-15/h1-3,6-7,11,13,18,21H,4-5,8-10,12,14H2. The van der Waals surface area contributed by atoms with Crippen molar-refractivity contribution >= 4 is 0 Å². The first-order chi connectivity index (χ1) is 10.2. The summed E-state index contributed by atoms with van der Waals surface area (Å²) in [6.45, 7) is 2.23. The molecule has 0 bridgehead atoms. The van der Waals surface area contributed by atoms with Crippen molar-refractivity contribution in [2.24, 2.45) is 0 Å². The van der Waals surface area contributed by atoms with E-state index in [1.165, 1.54) is 5.56 Å². The van der Waals surface area contributed by atoms with Crippen LogP contribution in [0.2, 0.25) is 0 Å². The minimum atomic E-state index is -0.486. The molecule has 1 saturated carbocycles. The van der Waals surface area contributed by atoms with Crippen LogP contribution in [0.1, 0.15) is 36.8 Å². The Morgan fingerprint density at radius 2 is 1.90 bits per heavy atom. The van der Waals surface area contributed by atoms with Gasteiger partial charge in [0.2, 0.25) is 0 Å². The molecule has 0 radical (unpaired) electrons. The molecule has 3 rings (SSSR count). The van der Waals surface area contributed by atoms with Gasteiger partial charge in [-0.25, -0.2) is 0 Å². The molecule has 1 aromatic heterocycles. The Morgan fingerprint density at radius 1 is 1.14 bits per heavy atom. The topological polar surface area (TPSA) is 50.1 Å². The van der Waals surface area contributed by atoms with Crippen molar-refractivity contribution in [3.63, 3.8) is 0 Å². The molecule has 2 N–H and O–H groups in total. The SMILES string of the molecule is OC1(CNCc2cnn(Cc3ccccc3)c2)CCCC1. The van der Waals surface area contributed by atoms with E-state index < -0.39 is 5.60 Å². The van der Waals surface area contributed by atoms with Crippen molar-refractivity contribution in [2.75, 3.05) is 6.54 Å². The molecule has 1 aliphatic carbocycles. The number of aromatic nitrogens is 2. The molecule has 0 unspecified atom stereocenters. The van der Waals surface area contributed by atoms with Crippen LogP contribution < -0.4 is 5.32 Å². The lowest BCUT2D eigenvalue weighted by Crippen LogP contribution is -2.37. The molecule has 1 aliphatic rings. The number of nitrogens with one attached hydrogen (secondary N) is 1. The molecule has 2 aromatic rings. The first-order valence-corrected chi connectivity index (χ1v) is 7.72. The van der Waals surface area contributed by atoms with Gasteiger partial charge in [0.25, 0.3) is 0 Å². The number of benzene rings is 1. The van der Waals surface area contributed by atoms with E-state index in [9.17, 15) is 5.11 Å². The van der Waals surface area contributed by atoms with E-state index in [-0.39, 0.29) is 0 Å². The van der Waals surface area contributed by atoms with Crippen molar-refractivity contribution in [3.05, 3.63) is 53.9 Å². The second-order valence-corrected chi connectivity index (χ2v) is 6.07.